The molecule has 0 N–H and O–H groups in total. The van der Waals surface area contributed by atoms with Gasteiger partial charge in [-0.3, -0.25) is 4.79 Å². The van der Waals surface area contributed by atoms with E-state index in [1.165, 1.54) is 12.1 Å². The minimum atomic E-state index is -0.475. The molecule has 1 aromatic carbocycles. The van der Waals surface area contributed by atoms with Gasteiger partial charge in [0.05, 0.1) is 17.8 Å². The van der Waals surface area contributed by atoms with Gasteiger partial charge in [-0.1, -0.05) is 28.1 Å². The summed E-state index contributed by atoms with van der Waals surface area (Å²) < 4.78 is 19.2. The van der Waals surface area contributed by atoms with Gasteiger partial charge in [-0.2, -0.15) is 0 Å². The zero-order chi connectivity index (χ0) is 13.1. The first kappa shape index (κ1) is 13.5. The highest BCUT2D eigenvalue weighted by molar-refractivity contribution is 9.09. The number of halogens is 2. The molecule has 2 atom stereocenters. The summed E-state index contributed by atoms with van der Waals surface area (Å²) in [6.45, 7) is 2.90. The molecule has 18 heavy (non-hydrogen) atoms. The van der Waals surface area contributed by atoms with Crippen LogP contribution in [0.4, 0.5) is 4.39 Å². The molecule has 2 rings (SSSR count). The standard InChI is InChI=1S/C13H15BrFNO2/c1-9-7-16(8-10(6-14)18-9)13(17)11-4-2-3-5-12(11)15/h2-5,9-10H,6-8H2,1H3. The Morgan fingerprint density at radius 1 is 1.50 bits per heavy atom. The molecule has 0 spiro atoms. The highest BCUT2D eigenvalue weighted by atomic mass is 79.9. The summed E-state index contributed by atoms with van der Waals surface area (Å²) in [5, 5.41) is 0.665. The van der Waals surface area contributed by atoms with E-state index in [9.17, 15) is 9.18 Å². The summed E-state index contributed by atoms with van der Waals surface area (Å²) in [6, 6.07) is 6.07. The van der Waals surface area contributed by atoms with Gasteiger partial charge >= 0.3 is 0 Å². The molecule has 0 saturated carbocycles. The number of amides is 1. The second-order valence-electron chi connectivity index (χ2n) is 4.41. The van der Waals surface area contributed by atoms with Gasteiger partial charge in [0.1, 0.15) is 5.82 Å². The van der Waals surface area contributed by atoms with Gasteiger partial charge in [-0.25, -0.2) is 4.39 Å². The minimum Gasteiger partial charge on any atom is -0.371 e. The molecule has 0 aliphatic carbocycles. The number of hydrogen-bond donors (Lipinski definition) is 0. The lowest BCUT2D eigenvalue weighted by molar-refractivity contribution is -0.0560. The van der Waals surface area contributed by atoms with Crippen molar-refractivity contribution in [3.63, 3.8) is 0 Å². The molecule has 1 saturated heterocycles. The van der Waals surface area contributed by atoms with E-state index >= 15 is 0 Å². The van der Waals surface area contributed by atoms with Crippen molar-refractivity contribution in [2.45, 2.75) is 19.1 Å². The van der Waals surface area contributed by atoms with Crippen LogP contribution in [0.15, 0.2) is 24.3 Å². The minimum absolute atomic E-state index is 0.0305. The van der Waals surface area contributed by atoms with Crippen LogP contribution in [-0.4, -0.2) is 41.4 Å². The first-order valence-electron chi connectivity index (χ1n) is 5.87. The number of nitrogens with zero attached hydrogens (tertiary/aromatic N) is 1. The van der Waals surface area contributed by atoms with Gasteiger partial charge < -0.3 is 9.64 Å². The van der Waals surface area contributed by atoms with Crippen LogP contribution >= 0.6 is 15.9 Å². The molecular weight excluding hydrogens is 301 g/mol. The van der Waals surface area contributed by atoms with Crippen molar-refractivity contribution in [1.29, 1.82) is 0 Å². The third kappa shape index (κ3) is 2.90. The molecule has 5 heteroatoms. The average molecular weight is 316 g/mol. The van der Waals surface area contributed by atoms with Crippen LogP contribution in [0.25, 0.3) is 0 Å². The third-order valence-corrected chi connectivity index (χ3v) is 3.61. The second-order valence-corrected chi connectivity index (χ2v) is 5.06. The Morgan fingerprint density at radius 2 is 2.22 bits per heavy atom. The van der Waals surface area contributed by atoms with Gasteiger partial charge in [0.15, 0.2) is 0 Å². The predicted molar refractivity (Wildman–Crippen MR) is 70.4 cm³/mol. The Bertz CT molecular complexity index is 441. The number of ether oxygens (including phenoxy) is 1. The van der Waals surface area contributed by atoms with E-state index in [0.717, 1.165) is 0 Å². The molecule has 0 radical (unpaired) electrons. The zero-order valence-corrected chi connectivity index (χ0v) is 11.7. The number of morpholine rings is 1. The number of carbonyl (C=O) groups excluding carboxylic acids is 1. The third-order valence-electron chi connectivity index (χ3n) is 2.89. The Balaban J connectivity index is 2.16. The zero-order valence-electron chi connectivity index (χ0n) is 10.1. The second kappa shape index (κ2) is 5.80. The summed E-state index contributed by atoms with van der Waals surface area (Å²) in [5.41, 5.74) is 0.125. The molecule has 1 aliphatic rings. The summed E-state index contributed by atoms with van der Waals surface area (Å²) in [7, 11) is 0. The highest BCUT2D eigenvalue weighted by Gasteiger charge is 2.29. The van der Waals surface area contributed by atoms with Crippen LogP contribution in [0.3, 0.4) is 0 Å². The van der Waals surface area contributed by atoms with E-state index in [1.807, 2.05) is 6.92 Å². The monoisotopic (exact) mass is 315 g/mol. The summed E-state index contributed by atoms with van der Waals surface area (Å²) in [6.07, 6.45) is -0.0681. The topological polar surface area (TPSA) is 29.5 Å². The molecular formula is C13H15BrFNO2. The van der Waals surface area contributed by atoms with Crippen LogP contribution in [-0.2, 0) is 4.74 Å². The molecule has 98 valence electrons. The van der Waals surface area contributed by atoms with E-state index in [1.54, 1.807) is 17.0 Å². The number of alkyl halides is 1. The Morgan fingerprint density at radius 3 is 2.89 bits per heavy atom. The fraction of sp³-hybridized carbons (Fsp3) is 0.462. The van der Waals surface area contributed by atoms with Crippen LogP contribution in [0.1, 0.15) is 17.3 Å². The SMILES string of the molecule is CC1CN(C(=O)c2ccccc2F)CC(CBr)O1. The fourth-order valence-electron chi connectivity index (χ4n) is 2.10. The van der Waals surface area contributed by atoms with Gasteiger partial charge in [0, 0.05) is 18.4 Å². The Hall–Kier alpha value is -0.940. The number of carbonyl (C=O) groups is 1. The van der Waals surface area contributed by atoms with Crippen molar-refractivity contribution >= 4 is 21.8 Å². The van der Waals surface area contributed by atoms with E-state index in [0.29, 0.717) is 18.4 Å². The lowest BCUT2D eigenvalue weighted by Crippen LogP contribution is -2.49. The highest BCUT2D eigenvalue weighted by Crippen LogP contribution is 2.17. The maximum atomic E-state index is 13.6. The molecule has 1 heterocycles. The van der Waals surface area contributed by atoms with Gasteiger partial charge in [-0.05, 0) is 19.1 Å². The average Bonchev–Trinajstić information content (AvgIpc) is 2.37. The lowest BCUT2D eigenvalue weighted by Gasteiger charge is -2.36. The molecule has 0 bridgehead atoms. The molecule has 0 aromatic heterocycles. The lowest BCUT2D eigenvalue weighted by atomic mass is 10.1. The molecule has 1 aliphatic heterocycles. The summed E-state index contributed by atoms with van der Waals surface area (Å²) >= 11 is 3.35. The van der Waals surface area contributed by atoms with Crippen LogP contribution < -0.4 is 0 Å². The maximum Gasteiger partial charge on any atom is 0.257 e. The Kier molecular flexibility index (Phi) is 4.35. The molecule has 3 nitrogen and oxygen atoms in total. The fourth-order valence-corrected chi connectivity index (χ4v) is 2.46. The van der Waals surface area contributed by atoms with Crippen molar-refractivity contribution in [3.8, 4) is 0 Å². The van der Waals surface area contributed by atoms with Gasteiger partial charge in [0.2, 0.25) is 0 Å². The van der Waals surface area contributed by atoms with Crippen LogP contribution in [0, 0.1) is 5.82 Å². The van der Waals surface area contributed by atoms with Crippen molar-refractivity contribution in [2.75, 3.05) is 18.4 Å². The first-order valence-corrected chi connectivity index (χ1v) is 6.99. The van der Waals surface area contributed by atoms with E-state index < -0.39 is 5.82 Å². The van der Waals surface area contributed by atoms with Gasteiger partial charge in [-0.15, -0.1) is 0 Å². The molecule has 1 fully saturated rings. The number of rotatable bonds is 2. The number of hydrogen-bond acceptors (Lipinski definition) is 2. The van der Waals surface area contributed by atoms with Crippen molar-refractivity contribution in [2.24, 2.45) is 0 Å². The van der Waals surface area contributed by atoms with Crippen molar-refractivity contribution < 1.29 is 13.9 Å². The van der Waals surface area contributed by atoms with Crippen LogP contribution in [0.2, 0.25) is 0 Å². The first-order chi connectivity index (χ1) is 8.61. The summed E-state index contributed by atoms with van der Waals surface area (Å²) in [5.74, 6) is -0.744. The van der Waals surface area contributed by atoms with E-state index in [-0.39, 0.29) is 23.7 Å². The van der Waals surface area contributed by atoms with E-state index in [4.69, 9.17) is 4.74 Å². The predicted octanol–water partition coefficient (Wildman–Crippen LogP) is 2.45. The quantitative estimate of drug-likeness (QED) is 0.785. The molecule has 1 aromatic rings. The smallest absolute Gasteiger partial charge is 0.257 e. The van der Waals surface area contributed by atoms with Crippen molar-refractivity contribution in [3.05, 3.63) is 35.6 Å². The van der Waals surface area contributed by atoms with Crippen LogP contribution in [0.5, 0.6) is 0 Å². The van der Waals surface area contributed by atoms with Crippen molar-refractivity contribution in [1.82, 2.24) is 4.90 Å². The summed E-state index contributed by atoms with van der Waals surface area (Å²) in [4.78, 5) is 13.9. The normalized spacial score (nSPS) is 24.1. The van der Waals surface area contributed by atoms with E-state index in [2.05, 4.69) is 15.9 Å². The maximum absolute atomic E-state index is 13.6. The molecule has 1 amide bonds. The number of benzene rings is 1. The largest absolute Gasteiger partial charge is 0.371 e. The Labute approximate surface area is 114 Å². The molecule has 2 unspecified atom stereocenters. The van der Waals surface area contributed by atoms with Gasteiger partial charge in [0.25, 0.3) is 5.91 Å².